The molecule has 0 unspecified atom stereocenters. The van der Waals surface area contributed by atoms with Gasteiger partial charge in [-0.25, -0.2) is 4.39 Å². The van der Waals surface area contributed by atoms with Gasteiger partial charge in [0.25, 0.3) is 5.56 Å². The van der Waals surface area contributed by atoms with Crippen molar-refractivity contribution in [3.63, 3.8) is 0 Å². The van der Waals surface area contributed by atoms with E-state index in [0.29, 0.717) is 28.3 Å². The second-order valence-electron chi connectivity index (χ2n) is 7.95. The Hall–Kier alpha value is -3.46. The van der Waals surface area contributed by atoms with E-state index in [-0.39, 0.29) is 16.9 Å². The van der Waals surface area contributed by atoms with Crippen molar-refractivity contribution < 1.29 is 9.13 Å². The minimum absolute atomic E-state index is 0.0742. The number of ether oxygens (including phenoxy) is 1. The quantitative estimate of drug-likeness (QED) is 0.528. The zero-order valence-corrected chi connectivity index (χ0v) is 17.4. The van der Waals surface area contributed by atoms with Crippen LogP contribution in [0.25, 0.3) is 27.8 Å². The Balaban J connectivity index is 1.75. The van der Waals surface area contributed by atoms with Crippen LogP contribution in [0.15, 0.2) is 35.3 Å². The first-order valence-electron chi connectivity index (χ1n) is 10.2. The number of benzene rings is 1. The number of nitrogens with zero attached hydrogens (tertiary/aromatic N) is 4. The molecule has 0 saturated carbocycles. The highest BCUT2D eigenvalue weighted by Crippen LogP contribution is 2.33. The van der Waals surface area contributed by atoms with Crippen LogP contribution in [-0.2, 0) is 11.8 Å². The van der Waals surface area contributed by atoms with Gasteiger partial charge in [0.1, 0.15) is 11.2 Å². The number of halogens is 1. The molecule has 8 nitrogen and oxygen atoms in total. The van der Waals surface area contributed by atoms with Crippen LogP contribution in [0.1, 0.15) is 30.0 Å². The standard InChI is InChI=1S/C22H23FN6O2/c1-12-4-3-5-15(23)20(12)29-11-14(19-18(22(29)30)21(24)26-25-19)16-10-17(28(2)27-16)13-6-8-31-9-7-13/h3-5,10-11,13H,6-9H2,1-2H3,(H3,24,25,26). The third-order valence-corrected chi connectivity index (χ3v) is 6.02. The van der Waals surface area contributed by atoms with Gasteiger partial charge >= 0.3 is 0 Å². The van der Waals surface area contributed by atoms with Gasteiger partial charge in [0.2, 0.25) is 0 Å². The summed E-state index contributed by atoms with van der Waals surface area (Å²) in [4.78, 5) is 13.2. The number of anilines is 1. The van der Waals surface area contributed by atoms with Crippen molar-refractivity contribution in [2.45, 2.75) is 25.7 Å². The number of nitrogen functional groups attached to an aromatic ring is 1. The van der Waals surface area contributed by atoms with E-state index in [1.54, 1.807) is 25.3 Å². The predicted octanol–water partition coefficient (Wildman–Crippen LogP) is 3.04. The van der Waals surface area contributed by atoms with Crippen molar-refractivity contribution in [2.24, 2.45) is 7.05 Å². The Kier molecular flexibility index (Phi) is 4.62. The van der Waals surface area contributed by atoms with Crippen molar-refractivity contribution in [2.75, 3.05) is 18.9 Å². The lowest BCUT2D eigenvalue weighted by Gasteiger charge is -2.21. The minimum Gasteiger partial charge on any atom is -0.382 e. The number of hydrogen-bond acceptors (Lipinski definition) is 5. The molecule has 3 aromatic heterocycles. The molecular formula is C22H23FN6O2. The van der Waals surface area contributed by atoms with E-state index < -0.39 is 11.4 Å². The van der Waals surface area contributed by atoms with Gasteiger partial charge in [-0.15, -0.1) is 0 Å². The molecule has 4 aromatic rings. The SMILES string of the molecule is Cc1cccc(F)c1-n1cc(-c2cc(C3CCOCC3)n(C)n2)c2[nH]nc(N)c2c1=O. The number of nitrogens with one attached hydrogen (secondary N) is 1. The fourth-order valence-electron chi connectivity index (χ4n) is 4.42. The number of aromatic nitrogens is 5. The van der Waals surface area contributed by atoms with Gasteiger partial charge in [0.05, 0.1) is 16.9 Å². The number of aryl methyl sites for hydroxylation is 2. The minimum atomic E-state index is -0.488. The van der Waals surface area contributed by atoms with Crippen LogP contribution in [0.4, 0.5) is 10.2 Å². The van der Waals surface area contributed by atoms with Gasteiger partial charge in [0, 0.05) is 43.6 Å². The summed E-state index contributed by atoms with van der Waals surface area (Å²) in [5.41, 5.74) is 9.30. The molecule has 1 aliphatic rings. The summed E-state index contributed by atoms with van der Waals surface area (Å²) in [6, 6.07) is 6.73. The Morgan fingerprint density at radius 2 is 2.06 bits per heavy atom. The van der Waals surface area contributed by atoms with Crippen LogP contribution in [0, 0.1) is 12.7 Å². The van der Waals surface area contributed by atoms with Gasteiger partial charge in [-0.1, -0.05) is 12.1 Å². The average molecular weight is 422 g/mol. The van der Waals surface area contributed by atoms with E-state index in [9.17, 15) is 9.18 Å². The van der Waals surface area contributed by atoms with Crippen molar-refractivity contribution in [3.05, 3.63) is 57.9 Å². The lowest BCUT2D eigenvalue weighted by atomic mass is 9.96. The maximum Gasteiger partial charge on any atom is 0.268 e. The van der Waals surface area contributed by atoms with Crippen molar-refractivity contribution in [1.82, 2.24) is 24.5 Å². The fourth-order valence-corrected chi connectivity index (χ4v) is 4.42. The summed E-state index contributed by atoms with van der Waals surface area (Å²) < 4.78 is 23.4. The second-order valence-corrected chi connectivity index (χ2v) is 7.95. The van der Waals surface area contributed by atoms with Crippen LogP contribution in [0.2, 0.25) is 0 Å². The summed E-state index contributed by atoms with van der Waals surface area (Å²) in [6.45, 7) is 3.21. The van der Waals surface area contributed by atoms with E-state index in [4.69, 9.17) is 15.6 Å². The molecule has 4 heterocycles. The number of H-pyrrole nitrogens is 1. The van der Waals surface area contributed by atoms with Gasteiger partial charge in [-0.2, -0.15) is 10.2 Å². The molecular weight excluding hydrogens is 399 g/mol. The second kappa shape index (κ2) is 7.35. The molecule has 3 N–H and O–H groups in total. The highest BCUT2D eigenvalue weighted by Gasteiger charge is 2.24. The Bertz CT molecular complexity index is 1330. The molecule has 5 rings (SSSR count). The maximum absolute atomic E-state index is 14.7. The topological polar surface area (TPSA) is 104 Å². The lowest BCUT2D eigenvalue weighted by Crippen LogP contribution is -2.21. The van der Waals surface area contributed by atoms with Crippen molar-refractivity contribution in [1.29, 1.82) is 0 Å². The first-order chi connectivity index (χ1) is 15.0. The number of nitrogens with two attached hydrogens (primary N) is 1. The molecule has 0 amide bonds. The van der Waals surface area contributed by atoms with E-state index in [1.807, 2.05) is 17.8 Å². The highest BCUT2D eigenvalue weighted by atomic mass is 19.1. The average Bonchev–Trinajstić information content (AvgIpc) is 3.33. The van der Waals surface area contributed by atoms with Gasteiger partial charge < -0.3 is 10.5 Å². The molecule has 0 spiro atoms. The van der Waals surface area contributed by atoms with Crippen LogP contribution in [0.5, 0.6) is 0 Å². The van der Waals surface area contributed by atoms with E-state index >= 15 is 0 Å². The molecule has 0 bridgehead atoms. The monoisotopic (exact) mass is 422 g/mol. The maximum atomic E-state index is 14.7. The normalized spacial score (nSPS) is 15.1. The van der Waals surface area contributed by atoms with Crippen molar-refractivity contribution in [3.8, 4) is 16.9 Å². The number of aromatic amines is 1. The van der Waals surface area contributed by atoms with Gasteiger partial charge in [0.15, 0.2) is 5.82 Å². The number of pyridine rings is 1. The summed E-state index contributed by atoms with van der Waals surface area (Å²) in [5.74, 6) is -0.0643. The lowest BCUT2D eigenvalue weighted by molar-refractivity contribution is 0.0837. The van der Waals surface area contributed by atoms with E-state index in [2.05, 4.69) is 10.2 Å². The van der Waals surface area contributed by atoms with E-state index in [1.165, 1.54) is 10.6 Å². The summed E-state index contributed by atoms with van der Waals surface area (Å²) in [6.07, 6.45) is 3.47. The molecule has 160 valence electrons. The third kappa shape index (κ3) is 3.12. The zero-order chi connectivity index (χ0) is 21.7. The Morgan fingerprint density at radius 1 is 1.29 bits per heavy atom. The smallest absolute Gasteiger partial charge is 0.268 e. The van der Waals surface area contributed by atoms with E-state index in [0.717, 1.165) is 31.7 Å². The largest absolute Gasteiger partial charge is 0.382 e. The molecule has 0 radical (unpaired) electrons. The number of fused-ring (bicyclic) bond motifs is 1. The van der Waals surface area contributed by atoms with Crippen LogP contribution in [-0.4, -0.2) is 37.8 Å². The molecule has 9 heteroatoms. The number of hydrogen-bond donors (Lipinski definition) is 2. The Morgan fingerprint density at radius 3 is 2.81 bits per heavy atom. The van der Waals surface area contributed by atoms with Gasteiger partial charge in [-0.05, 0) is 37.5 Å². The predicted molar refractivity (Wildman–Crippen MR) is 116 cm³/mol. The highest BCUT2D eigenvalue weighted by molar-refractivity contribution is 5.97. The van der Waals surface area contributed by atoms with Crippen molar-refractivity contribution >= 4 is 16.7 Å². The first-order valence-corrected chi connectivity index (χ1v) is 10.2. The van der Waals surface area contributed by atoms with Crippen LogP contribution in [0.3, 0.4) is 0 Å². The number of rotatable bonds is 3. The summed E-state index contributed by atoms with van der Waals surface area (Å²) in [5, 5.41) is 11.8. The molecule has 1 aromatic carbocycles. The van der Waals surface area contributed by atoms with Crippen LogP contribution < -0.4 is 11.3 Å². The molecule has 1 fully saturated rings. The molecule has 31 heavy (non-hydrogen) atoms. The zero-order valence-electron chi connectivity index (χ0n) is 17.4. The molecule has 0 atom stereocenters. The first kappa shape index (κ1) is 19.5. The molecule has 0 aliphatic carbocycles. The molecule has 1 aliphatic heterocycles. The fraction of sp³-hybridized carbons (Fsp3) is 0.318. The number of para-hydroxylation sites is 1. The summed E-state index contributed by atoms with van der Waals surface area (Å²) in [7, 11) is 1.91. The van der Waals surface area contributed by atoms with Crippen LogP contribution >= 0.6 is 0 Å². The Labute approximate surface area is 177 Å². The third-order valence-electron chi connectivity index (χ3n) is 6.02. The van der Waals surface area contributed by atoms with Gasteiger partial charge in [-0.3, -0.25) is 19.1 Å². The molecule has 1 saturated heterocycles. The summed E-state index contributed by atoms with van der Waals surface area (Å²) >= 11 is 0.